The van der Waals surface area contributed by atoms with Gasteiger partial charge in [-0.15, -0.1) is 10.2 Å². The van der Waals surface area contributed by atoms with E-state index in [1.165, 1.54) is 0 Å². The Balaban J connectivity index is 1.52. The molecule has 1 aromatic heterocycles. The van der Waals surface area contributed by atoms with Gasteiger partial charge in [-0.1, -0.05) is 29.8 Å². The molecule has 0 unspecified atom stereocenters. The summed E-state index contributed by atoms with van der Waals surface area (Å²) in [5.41, 5.74) is 2.67. The van der Waals surface area contributed by atoms with E-state index in [1.54, 1.807) is 28.8 Å². The van der Waals surface area contributed by atoms with Crippen molar-refractivity contribution in [3.8, 4) is 5.69 Å². The maximum Gasteiger partial charge on any atom is 0.227 e. The third-order valence-electron chi connectivity index (χ3n) is 5.03. The average molecular weight is 398 g/mol. The molecule has 144 valence electrons. The maximum atomic E-state index is 12.6. The summed E-state index contributed by atoms with van der Waals surface area (Å²) in [5.74, 6) is -0.170. The molecule has 4 rings (SSSR count). The fourth-order valence-electron chi connectivity index (χ4n) is 3.40. The number of hydrogen-bond donors (Lipinski definition) is 1. The lowest BCUT2D eigenvalue weighted by molar-refractivity contribution is -0.132. The van der Waals surface area contributed by atoms with Crippen LogP contribution in [0.5, 0.6) is 0 Å². The Morgan fingerprint density at radius 1 is 1.07 bits per heavy atom. The zero-order valence-electron chi connectivity index (χ0n) is 15.4. The van der Waals surface area contributed by atoms with Crippen LogP contribution in [0.4, 0.5) is 5.69 Å². The standard InChI is InChI=1S/C20H20ClN5O2/c1-13(27)25-9-7-14(8-10-25)20(28)22-17-12-19-18(11-16(17)21)23-26(24-19)15-5-3-2-4-6-15/h2-6,11-12,14H,7-10H2,1H3,(H,22,28). The average Bonchev–Trinajstić information content (AvgIpc) is 3.11. The first-order valence-corrected chi connectivity index (χ1v) is 9.57. The highest BCUT2D eigenvalue weighted by Gasteiger charge is 2.26. The van der Waals surface area contributed by atoms with Crippen molar-refractivity contribution in [1.82, 2.24) is 19.9 Å². The van der Waals surface area contributed by atoms with Crippen LogP contribution in [0.15, 0.2) is 42.5 Å². The minimum absolute atomic E-state index is 0.0499. The monoisotopic (exact) mass is 397 g/mol. The number of halogens is 1. The minimum atomic E-state index is -0.137. The van der Waals surface area contributed by atoms with Crippen LogP contribution >= 0.6 is 11.6 Å². The molecule has 2 amide bonds. The van der Waals surface area contributed by atoms with Gasteiger partial charge in [0.15, 0.2) is 0 Å². The molecule has 1 aliphatic heterocycles. The number of amides is 2. The molecule has 1 N–H and O–H groups in total. The molecule has 1 saturated heterocycles. The number of hydrogen-bond acceptors (Lipinski definition) is 4. The van der Waals surface area contributed by atoms with Gasteiger partial charge in [0, 0.05) is 25.9 Å². The first-order valence-electron chi connectivity index (χ1n) is 9.19. The van der Waals surface area contributed by atoms with Crippen LogP contribution in [-0.2, 0) is 9.59 Å². The lowest BCUT2D eigenvalue weighted by Gasteiger charge is -2.30. The topological polar surface area (TPSA) is 80.1 Å². The highest BCUT2D eigenvalue weighted by Crippen LogP contribution is 2.28. The predicted molar refractivity (Wildman–Crippen MR) is 107 cm³/mol. The number of benzene rings is 2. The van der Waals surface area contributed by atoms with E-state index in [0.29, 0.717) is 47.7 Å². The first kappa shape index (κ1) is 18.4. The quantitative estimate of drug-likeness (QED) is 0.735. The second-order valence-corrected chi connectivity index (χ2v) is 7.32. The number of anilines is 1. The molecule has 0 atom stereocenters. The Bertz CT molecular complexity index is 1030. The molecular formula is C20H20ClN5O2. The van der Waals surface area contributed by atoms with Crippen molar-refractivity contribution in [2.75, 3.05) is 18.4 Å². The molecular weight excluding hydrogens is 378 g/mol. The molecule has 0 bridgehead atoms. The third-order valence-corrected chi connectivity index (χ3v) is 5.34. The molecule has 1 fully saturated rings. The Hall–Kier alpha value is -2.93. The molecule has 28 heavy (non-hydrogen) atoms. The summed E-state index contributed by atoms with van der Waals surface area (Å²) in [4.78, 5) is 27.4. The fraction of sp³-hybridized carbons (Fsp3) is 0.300. The van der Waals surface area contributed by atoms with E-state index in [-0.39, 0.29) is 17.7 Å². The Kier molecular flexibility index (Phi) is 5.00. The van der Waals surface area contributed by atoms with E-state index in [2.05, 4.69) is 15.5 Å². The summed E-state index contributed by atoms with van der Waals surface area (Å²) < 4.78 is 0. The van der Waals surface area contributed by atoms with E-state index in [1.807, 2.05) is 30.3 Å². The van der Waals surface area contributed by atoms with Crippen molar-refractivity contribution >= 4 is 40.1 Å². The van der Waals surface area contributed by atoms with E-state index in [9.17, 15) is 9.59 Å². The summed E-state index contributed by atoms with van der Waals surface area (Å²) >= 11 is 6.36. The van der Waals surface area contributed by atoms with Gasteiger partial charge in [0.2, 0.25) is 11.8 Å². The molecule has 8 heteroatoms. The summed E-state index contributed by atoms with van der Waals surface area (Å²) in [6, 6.07) is 13.0. The second kappa shape index (κ2) is 7.59. The largest absolute Gasteiger partial charge is 0.343 e. The first-order chi connectivity index (χ1) is 13.5. The molecule has 0 saturated carbocycles. The van der Waals surface area contributed by atoms with Gasteiger partial charge in [0.25, 0.3) is 0 Å². The van der Waals surface area contributed by atoms with Crippen molar-refractivity contribution in [3.63, 3.8) is 0 Å². The number of fused-ring (bicyclic) bond motifs is 1. The second-order valence-electron chi connectivity index (χ2n) is 6.92. The molecule has 0 aliphatic carbocycles. The van der Waals surface area contributed by atoms with Gasteiger partial charge in [-0.2, -0.15) is 4.80 Å². The normalized spacial score (nSPS) is 15.0. The lowest BCUT2D eigenvalue weighted by atomic mass is 9.96. The summed E-state index contributed by atoms with van der Waals surface area (Å²) in [6.45, 7) is 2.76. The predicted octanol–water partition coefficient (Wildman–Crippen LogP) is 3.27. The Morgan fingerprint density at radius 2 is 1.71 bits per heavy atom. The molecule has 2 aromatic carbocycles. The molecule has 2 heterocycles. The van der Waals surface area contributed by atoms with Crippen molar-refractivity contribution < 1.29 is 9.59 Å². The molecule has 7 nitrogen and oxygen atoms in total. The van der Waals surface area contributed by atoms with Gasteiger partial charge in [-0.05, 0) is 37.1 Å². The number of carbonyl (C=O) groups is 2. The van der Waals surface area contributed by atoms with Crippen molar-refractivity contribution in [2.45, 2.75) is 19.8 Å². The summed E-state index contributed by atoms with van der Waals surface area (Å²) in [5, 5.41) is 12.3. The Morgan fingerprint density at radius 3 is 2.36 bits per heavy atom. The number of carbonyl (C=O) groups excluding carboxylic acids is 2. The molecule has 0 radical (unpaired) electrons. The van der Waals surface area contributed by atoms with Crippen LogP contribution in [0, 0.1) is 5.92 Å². The van der Waals surface area contributed by atoms with Gasteiger partial charge in [0.1, 0.15) is 11.0 Å². The number of piperidine rings is 1. The number of likely N-dealkylation sites (tertiary alicyclic amines) is 1. The van der Waals surface area contributed by atoms with Gasteiger partial charge in [0.05, 0.1) is 16.4 Å². The summed E-state index contributed by atoms with van der Waals surface area (Å²) in [7, 11) is 0. The highest BCUT2D eigenvalue weighted by atomic mass is 35.5. The smallest absolute Gasteiger partial charge is 0.227 e. The lowest BCUT2D eigenvalue weighted by Crippen LogP contribution is -2.40. The number of rotatable bonds is 3. The third kappa shape index (κ3) is 3.71. The van der Waals surface area contributed by atoms with Crippen molar-refractivity contribution in [3.05, 3.63) is 47.5 Å². The van der Waals surface area contributed by atoms with Gasteiger partial charge < -0.3 is 10.2 Å². The molecule has 0 spiro atoms. The number of nitrogens with one attached hydrogen (secondary N) is 1. The molecule has 3 aromatic rings. The zero-order chi connectivity index (χ0) is 19.7. The van der Waals surface area contributed by atoms with Crippen LogP contribution in [0.2, 0.25) is 5.02 Å². The van der Waals surface area contributed by atoms with Crippen LogP contribution in [0.25, 0.3) is 16.7 Å². The Labute approximate surface area is 167 Å². The van der Waals surface area contributed by atoms with Crippen LogP contribution < -0.4 is 5.32 Å². The van der Waals surface area contributed by atoms with Gasteiger partial charge in [-0.3, -0.25) is 9.59 Å². The minimum Gasteiger partial charge on any atom is -0.343 e. The van der Waals surface area contributed by atoms with E-state index >= 15 is 0 Å². The number of aromatic nitrogens is 3. The SMILES string of the molecule is CC(=O)N1CCC(C(=O)Nc2cc3nn(-c4ccccc4)nc3cc2Cl)CC1. The number of nitrogens with zero attached hydrogens (tertiary/aromatic N) is 4. The highest BCUT2D eigenvalue weighted by molar-refractivity contribution is 6.34. The number of para-hydroxylation sites is 1. The van der Waals surface area contributed by atoms with Crippen LogP contribution in [0.3, 0.4) is 0 Å². The zero-order valence-corrected chi connectivity index (χ0v) is 16.2. The summed E-state index contributed by atoms with van der Waals surface area (Å²) in [6.07, 6.45) is 1.30. The van der Waals surface area contributed by atoms with Crippen molar-refractivity contribution in [2.24, 2.45) is 5.92 Å². The van der Waals surface area contributed by atoms with Crippen molar-refractivity contribution in [1.29, 1.82) is 0 Å². The fourth-order valence-corrected chi connectivity index (χ4v) is 3.61. The maximum absolute atomic E-state index is 12.6. The van der Waals surface area contributed by atoms with Crippen LogP contribution in [-0.4, -0.2) is 44.8 Å². The van der Waals surface area contributed by atoms with Gasteiger partial charge in [-0.25, -0.2) is 0 Å². The van der Waals surface area contributed by atoms with E-state index in [0.717, 1.165) is 5.69 Å². The van der Waals surface area contributed by atoms with E-state index < -0.39 is 0 Å². The van der Waals surface area contributed by atoms with Crippen LogP contribution in [0.1, 0.15) is 19.8 Å². The van der Waals surface area contributed by atoms with E-state index in [4.69, 9.17) is 11.6 Å². The van der Waals surface area contributed by atoms with Gasteiger partial charge >= 0.3 is 0 Å². The molecule has 1 aliphatic rings.